The number of piperidine rings is 1. The Bertz CT molecular complexity index is 163. The van der Waals surface area contributed by atoms with Crippen molar-refractivity contribution in [1.82, 2.24) is 10.6 Å². The Labute approximate surface area is 65.0 Å². The Kier molecular flexibility index (Phi) is 1.49. The zero-order chi connectivity index (χ0) is 7.84. The highest BCUT2D eigenvalue weighted by Gasteiger charge is 2.42. The lowest BCUT2D eigenvalue weighted by Crippen LogP contribution is -2.41. The van der Waals surface area contributed by atoms with E-state index >= 15 is 0 Å². The van der Waals surface area contributed by atoms with Gasteiger partial charge in [-0.2, -0.15) is 0 Å². The summed E-state index contributed by atoms with van der Waals surface area (Å²) in [4.78, 5) is 10.3. The summed E-state index contributed by atoms with van der Waals surface area (Å²) in [5.41, 5.74) is 0. The van der Waals surface area contributed by atoms with E-state index in [1.807, 2.05) is 0 Å². The van der Waals surface area contributed by atoms with Gasteiger partial charge >= 0.3 is 6.09 Å². The van der Waals surface area contributed by atoms with E-state index in [0.717, 1.165) is 13.0 Å². The summed E-state index contributed by atoms with van der Waals surface area (Å²) in [5, 5.41) is 14.3. The van der Waals surface area contributed by atoms with Crippen molar-refractivity contribution in [3.63, 3.8) is 0 Å². The van der Waals surface area contributed by atoms with Crippen LogP contribution in [0.3, 0.4) is 0 Å². The first-order valence-corrected chi connectivity index (χ1v) is 4.00. The number of hydrogen-bond donors (Lipinski definition) is 3. The quantitative estimate of drug-likeness (QED) is 0.501. The summed E-state index contributed by atoms with van der Waals surface area (Å²) in [6.45, 7) is 0.982. The van der Waals surface area contributed by atoms with Crippen LogP contribution in [-0.2, 0) is 0 Å². The predicted octanol–water partition coefficient (Wildman–Crippen LogP) is 0.00440. The molecule has 2 fully saturated rings. The molecule has 2 rings (SSSR count). The minimum absolute atomic E-state index is 0.174. The molecule has 0 aromatic carbocycles. The molecule has 1 saturated heterocycles. The molecule has 0 radical (unpaired) electrons. The monoisotopic (exact) mass is 156 g/mol. The number of carboxylic acid groups (broad SMARTS) is 1. The van der Waals surface area contributed by atoms with E-state index in [1.54, 1.807) is 0 Å². The molecular formula is C7H12N2O2. The van der Waals surface area contributed by atoms with E-state index in [1.165, 1.54) is 6.42 Å². The third-order valence-electron chi connectivity index (χ3n) is 2.72. The fourth-order valence-corrected chi connectivity index (χ4v) is 2.20. The molecule has 11 heavy (non-hydrogen) atoms. The van der Waals surface area contributed by atoms with Crippen LogP contribution in [0.25, 0.3) is 0 Å². The van der Waals surface area contributed by atoms with Gasteiger partial charge in [0.2, 0.25) is 0 Å². The van der Waals surface area contributed by atoms with Crippen LogP contribution in [0.15, 0.2) is 0 Å². The molecule has 1 amide bonds. The summed E-state index contributed by atoms with van der Waals surface area (Å²) < 4.78 is 0. The summed E-state index contributed by atoms with van der Waals surface area (Å²) in [5.74, 6) is 0.538. The minimum Gasteiger partial charge on any atom is -0.465 e. The normalized spacial score (nSPS) is 40.9. The van der Waals surface area contributed by atoms with Gasteiger partial charge in [-0.15, -0.1) is 0 Å². The summed E-state index contributed by atoms with van der Waals surface area (Å²) >= 11 is 0. The molecule has 2 bridgehead atoms. The maximum atomic E-state index is 10.3. The third-order valence-corrected chi connectivity index (χ3v) is 2.72. The van der Waals surface area contributed by atoms with E-state index in [-0.39, 0.29) is 6.04 Å². The molecule has 4 heteroatoms. The molecule has 1 heterocycles. The Hall–Kier alpha value is -0.770. The van der Waals surface area contributed by atoms with Gasteiger partial charge in [0, 0.05) is 12.6 Å². The lowest BCUT2D eigenvalue weighted by molar-refractivity contribution is 0.188. The molecular weight excluding hydrogens is 144 g/mol. The van der Waals surface area contributed by atoms with Crippen LogP contribution in [0.1, 0.15) is 12.8 Å². The molecule has 3 atom stereocenters. The molecule has 4 nitrogen and oxygen atoms in total. The first-order chi connectivity index (χ1) is 5.27. The average Bonchev–Trinajstić information content (AvgIpc) is 2.48. The van der Waals surface area contributed by atoms with E-state index in [0.29, 0.717) is 12.0 Å². The van der Waals surface area contributed by atoms with E-state index < -0.39 is 6.09 Å². The van der Waals surface area contributed by atoms with Gasteiger partial charge in [0.25, 0.3) is 0 Å². The van der Waals surface area contributed by atoms with E-state index in [9.17, 15) is 4.79 Å². The molecule has 0 spiro atoms. The first kappa shape index (κ1) is 6.91. The largest absolute Gasteiger partial charge is 0.465 e. The van der Waals surface area contributed by atoms with Crippen molar-refractivity contribution in [2.24, 2.45) is 5.92 Å². The maximum Gasteiger partial charge on any atom is 0.404 e. The van der Waals surface area contributed by atoms with Gasteiger partial charge in [0.05, 0.1) is 6.04 Å². The van der Waals surface area contributed by atoms with E-state index in [2.05, 4.69) is 10.6 Å². The number of carbonyl (C=O) groups is 1. The molecule has 62 valence electrons. The summed E-state index contributed by atoms with van der Waals surface area (Å²) in [6, 6.07) is 0.573. The molecule has 1 aliphatic carbocycles. The number of nitrogens with one attached hydrogen (secondary N) is 2. The Balaban J connectivity index is 1.99. The fourth-order valence-electron chi connectivity index (χ4n) is 2.20. The van der Waals surface area contributed by atoms with Crippen molar-refractivity contribution in [2.75, 3.05) is 6.54 Å². The van der Waals surface area contributed by atoms with Crippen LogP contribution >= 0.6 is 0 Å². The smallest absolute Gasteiger partial charge is 0.404 e. The molecule has 1 aliphatic heterocycles. The zero-order valence-corrected chi connectivity index (χ0v) is 6.21. The molecule has 1 unspecified atom stereocenters. The summed E-state index contributed by atoms with van der Waals surface area (Å²) in [6.07, 6.45) is 1.40. The Morgan fingerprint density at radius 3 is 2.73 bits per heavy atom. The predicted molar refractivity (Wildman–Crippen MR) is 39.5 cm³/mol. The Morgan fingerprint density at radius 1 is 1.55 bits per heavy atom. The van der Waals surface area contributed by atoms with Gasteiger partial charge in [-0.1, -0.05) is 0 Å². The first-order valence-electron chi connectivity index (χ1n) is 4.00. The van der Waals surface area contributed by atoms with Gasteiger partial charge in [0.15, 0.2) is 0 Å². The maximum absolute atomic E-state index is 10.3. The highest BCUT2D eigenvalue weighted by molar-refractivity contribution is 5.65. The van der Waals surface area contributed by atoms with Gasteiger partial charge in [-0.25, -0.2) is 4.79 Å². The molecule has 3 N–H and O–H groups in total. The average molecular weight is 156 g/mol. The fraction of sp³-hybridized carbons (Fsp3) is 0.857. The van der Waals surface area contributed by atoms with Crippen molar-refractivity contribution in [2.45, 2.75) is 24.9 Å². The Morgan fingerprint density at radius 2 is 2.36 bits per heavy atom. The van der Waals surface area contributed by atoms with Crippen LogP contribution in [0.4, 0.5) is 4.79 Å². The van der Waals surface area contributed by atoms with Gasteiger partial charge in [0.1, 0.15) is 0 Å². The van der Waals surface area contributed by atoms with Crippen molar-refractivity contribution < 1.29 is 9.90 Å². The van der Waals surface area contributed by atoms with Crippen LogP contribution in [0, 0.1) is 5.92 Å². The van der Waals surface area contributed by atoms with Gasteiger partial charge in [-0.05, 0) is 18.8 Å². The standard InChI is InChI=1S/C7H12N2O2/c10-7(11)9-6-4-1-2-5(6)8-3-4/h4-6,8-9H,1-3H2,(H,10,11)/t4-,5?,6+/m0/s1. The van der Waals surface area contributed by atoms with Crippen molar-refractivity contribution in [3.8, 4) is 0 Å². The number of rotatable bonds is 1. The second-order valence-electron chi connectivity index (χ2n) is 3.33. The molecule has 2 aliphatic rings. The lowest BCUT2D eigenvalue weighted by atomic mass is 10.1. The minimum atomic E-state index is -0.893. The highest BCUT2D eigenvalue weighted by atomic mass is 16.4. The van der Waals surface area contributed by atoms with Gasteiger partial charge in [-0.3, -0.25) is 0 Å². The van der Waals surface area contributed by atoms with Crippen LogP contribution in [0.2, 0.25) is 0 Å². The van der Waals surface area contributed by atoms with Crippen molar-refractivity contribution in [1.29, 1.82) is 0 Å². The number of amides is 1. The zero-order valence-electron chi connectivity index (χ0n) is 6.21. The van der Waals surface area contributed by atoms with Crippen LogP contribution in [-0.4, -0.2) is 29.8 Å². The number of fused-ring (bicyclic) bond motifs is 2. The topological polar surface area (TPSA) is 61.4 Å². The summed E-state index contributed by atoms with van der Waals surface area (Å²) in [7, 11) is 0. The second kappa shape index (κ2) is 2.37. The van der Waals surface area contributed by atoms with Crippen LogP contribution < -0.4 is 10.6 Å². The molecule has 0 aromatic heterocycles. The highest BCUT2D eigenvalue weighted by Crippen LogP contribution is 2.30. The third kappa shape index (κ3) is 1.07. The second-order valence-corrected chi connectivity index (χ2v) is 3.33. The van der Waals surface area contributed by atoms with E-state index in [4.69, 9.17) is 5.11 Å². The van der Waals surface area contributed by atoms with Crippen molar-refractivity contribution in [3.05, 3.63) is 0 Å². The lowest BCUT2D eigenvalue weighted by Gasteiger charge is -2.13. The number of hydrogen-bond acceptors (Lipinski definition) is 2. The van der Waals surface area contributed by atoms with Crippen LogP contribution in [0.5, 0.6) is 0 Å². The van der Waals surface area contributed by atoms with Crippen molar-refractivity contribution >= 4 is 6.09 Å². The molecule has 0 aromatic rings. The van der Waals surface area contributed by atoms with Gasteiger partial charge < -0.3 is 15.7 Å². The molecule has 1 saturated carbocycles. The SMILES string of the molecule is O=C(O)N[C@H]1C2CC[C@H]1CN2.